The second-order valence-corrected chi connectivity index (χ2v) is 7.53. The molecule has 2 rings (SSSR count). The van der Waals surface area contributed by atoms with Crippen molar-refractivity contribution in [2.75, 3.05) is 18.5 Å². The second kappa shape index (κ2) is 4.73. The van der Waals surface area contributed by atoms with Crippen LogP contribution in [0, 0.1) is 0 Å². The molecule has 1 N–H and O–H groups in total. The maximum atomic E-state index is 6.01. The van der Waals surface area contributed by atoms with Crippen LogP contribution in [0.2, 0.25) is 0 Å². The molecule has 2 nitrogen and oxygen atoms in total. The van der Waals surface area contributed by atoms with Crippen molar-refractivity contribution in [1.29, 1.82) is 0 Å². The molecule has 0 atom stereocenters. The fourth-order valence-corrected chi connectivity index (χ4v) is 2.38. The molecule has 0 aromatic heterocycles. The number of rotatable bonds is 0. The van der Waals surface area contributed by atoms with Gasteiger partial charge in [-0.05, 0) is 28.9 Å². The van der Waals surface area contributed by atoms with Crippen LogP contribution in [0.25, 0.3) is 0 Å². The number of anilines is 1. The Morgan fingerprint density at radius 2 is 1.68 bits per heavy atom. The van der Waals surface area contributed by atoms with Gasteiger partial charge in [-0.3, -0.25) is 0 Å². The van der Waals surface area contributed by atoms with Gasteiger partial charge >= 0.3 is 0 Å². The minimum Gasteiger partial charge on any atom is -0.491 e. The molecule has 0 amide bonds. The normalized spacial score (nSPS) is 16.1. The van der Waals surface area contributed by atoms with Crippen molar-refractivity contribution >= 4 is 5.69 Å². The van der Waals surface area contributed by atoms with Crippen LogP contribution in [0.5, 0.6) is 5.75 Å². The van der Waals surface area contributed by atoms with E-state index in [1.165, 1.54) is 11.1 Å². The molecular formula is C17H27NO. The van der Waals surface area contributed by atoms with Crippen molar-refractivity contribution in [3.05, 3.63) is 23.3 Å². The Kier molecular flexibility index (Phi) is 3.55. The molecule has 1 aliphatic rings. The molecule has 19 heavy (non-hydrogen) atoms. The molecule has 106 valence electrons. The number of nitrogens with one attached hydrogen (secondary N) is 1. The third kappa shape index (κ3) is 3.05. The predicted molar refractivity (Wildman–Crippen MR) is 82.4 cm³/mol. The van der Waals surface area contributed by atoms with E-state index in [0.29, 0.717) is 0 Å². The van der Waals surface area contributed by atoms with Crippen molar-refractivity contribution in [2.45, 2.75) is 58.8 Å². The minimum absolute atomic E-state index is 0.0946. The monoisotopic (exact) mass is 261 g/mol. The maximum Gasteiger partial charge on any atom is 0.146 e. The Labute approximate surface area is 117 Å². The van der Waals surface area contributed by atoms with E-state index in [1.807, 2.05) is 0 Å². The summed E-state index contributed by atoms with van der Waals surface area (Å²) in [5, 5.41) is 3.53. The summed E-state index contributed by atoms with van der Waals surface area (Å²) < 4.78 is 6.01. The van der Waals surface area contributed by atoms with Gasteiger partial charge in [0.25, 0.3) is 0 Å². The van der Waals surface area contributed by atoms with E-state index in [2.05, 4.69) is 59.0 Å². The standard InChI is InChI=1S/C17H27NO/c1-16(2,3)12-10-13(17(4,5)6)15-14(11-12)18-8-7-9-19-15/h10-11,18H,7-9H2,1-6H3. The molecule has 1 aliphatic heterocycles. The summed E-state index contributed by atoms with van der Waals surface area (Å²) in [6.45, 7) is 15.3. The van der Waals surface area contributed by atoms with E-state index in [1.54, 1.807) is 0 Å². The lowest BCUT2D eigenvalue weighted by atomic mass is 9.79. The molecule has 0 radical (unpaired) electrons. The molecule has 0 saturated heterocycles. The smallest absolute Gasteiger partial charge is 0.146 e. The summed E-state index contributed by atoms with van der Waals surface area (Å²) in [5.41, 5.74) is 4.09. The fourth-order valence-electron chi connectivity index (χ4n) is 2.38. The first-order chi connectivity index (χ1) is 8.69. The van der Waals surface area contributed by atoms with Gasteiger partial charge in [0.2, 0.25) is 0 Å². The van der Waals surface area contributed by atoms with Crippen molar-refractivity contribution in [2.24, 2.45) is 0 Å². The fraction of sp³-hybridized carbons (Fsp3) is 0.647. The Hall–Kier alpha value is -1.18. The molecule has 0 unspecified atom stereocenters. The highest BCUT2D eigenvalue weighted by Gasteiger charge is 2.26. The van der Waals surface area contributed by atoms with Crippen LogP contribution in [-0.2, 0) is 10.8 Å². The third-order valence-electron chi connectivity index (χ3n) is 3.65. The lowest BCUT2D eigenvalue weighted by molar-refractivity contribution is 0.314. The zero-order chi connectivity index (χ0) is 14.3. The third-order valence-corrected chi connectivity index (χ3v) is 3.65. The number of hydrogen-bond donors (Lipinski definition) is 1. The van der Waals surface area contributed by atoms with E-state index in [4.69, 9.17) is 4.74 Å². The SMILES string of the molecule is CC(C)(C)c1cc2c(c(C(C)(C)C)c1)OCCCN2. The highest BCUT2D eigenvalue weighted by Crippen LogP contribution is 2.41. The second-order valence-electron chi connectivity index (χ2n) is 7.53. The molecule has 0 fully saturated rings. The molecule has 1 aromatic carbocycles. The Morgan fingerprint density at radius 1 is 1.00 bits per heavy atom. The van der Waals surface area contributed by atoms with Crippen LogP contribution < -0.4 is 10.1 Å². The highest BCUT2D eigenvalue weighted by atomic mass is 16.5. The van der Waals surface area contributed by atoms with Gasteiger partial charge in [0.05, 0.1) is 12.3 Å². The summed E-state index contributed by atoms with van der Waals surface area (Å²) in [6, 6.07) is 4.59. The molecule has 0 aliphatic carbocycles. The Balaban J connectivity index is 2.63. The van der Waals surface area contributed by atoms with Crippen LogP contribution in [0.15, 0.2) is 12.1 Å². The topological polar surface area (TPSA) is 21.3 Å². The van der Waals surface area contributed by atoms with Crippen molar-refractivity contribution < 1.29 is 4.74 Å². The Bertz CT molecular complexity index is 463. The van der Waals surface area contributed by atoms with Gasteiger partial charge in [0.1, 0.15) is 5.75 Å². The summed E-state index contributed by atoms with van der Waals surface area (Å²) in [7, 11) is 0. The van der Waals surface area contributed by atoms with Crippen LogP contribution in [0.4, 0.5) is 5.69 Å². The lowest BCUT2D eigenvalue weighted by Gasteiger charge is -2.28. The summed E-state index contributed by atoms with van der Waals surface area (Å²) in [6.07, 6.45) is 1.06. The van der Waals surface area contributed by atoms with E-state index < -0.39 is 0 Å². The largest absolute Gasteiger partial charge is 0.491 e. The zero-order valence-electron chi connectivity index (χ0n) is 13.2. The number of fused-ring (bicyclic) bond motifs is 1. The van der Waals surface area contributed by atoms with Gasteiger partial charge in [-0.2, -0.15) is 0 Å². The van der Waals surface area contributed by atoms with Gasteiger partial charge < -0.3 is 10.1 Å². The van der Waals surface area contributed by atoms with Crippen LogP contribution in [0.3, 0.4) is 0 Å². The van der Waals surface area contributed by atoms with Crippen LogP contribution in [0.1, 0.15) is 59.1 Å². The lowest BCUT2D eigenvalue weighted by Crippen LogP contribution is -2.18. The van der Waals surface area contributed by atoms with Crippen LogP contribution >= 0.6 is 0 Å². The van der Waals surface area contributed by atoms with Gasteiger partial charge in [0, 0.05) is 12.1 Å². The zero-order valence-corrected chi connectivity index (χ0v) is 13.2. The van der Waals surface area contributed by atoms with Gasteiger partial charge in [-0.25, -0.2) is 0 Å². The number of hydrogen-bond acceptors (Lipinski definition) is 2. The maximum absolute atomic E-state index is 6.01. The van der Waals surface area contributed by atoms with Gasteiger partial charge in [-0.15, -0.1) is 0 Å². The molecule has 2 heteroatoms. The molecular weight excluding hydrogens is 234 g/mol. The first kappa shape index (κ1) is 14.2. The van der Waals surface area contributed by atoms with Crippen molar-refractivity contribution in [1.82, 2.24) is 0 Å². The summed E-state index contributed by atoms with van der Waals surface area (Å²) in [5.74, 6) is 1.05. The number of benzene rings is 1. The average Bonchev–Trinajstić information content (AvgIpc) is 2.49. The highest BCUT2D eigenvalue weighted by molar-refractivity contribution is 5.64. The molecule has 0 bridgehead atoms. The van der Waals surface area contributed by atoms with Crippen LogP contribution in [-0.4, -0.2) is 13.2 Å². The van der Waals surface area contributed by atoms with Crippen molar-refractivity contribution in [3.8, 4) is 5.75 Å². The molecule has 0 saturated carbocycles. The van der Waals surface area contributed by atoms with Crippen molar-refractivity contribution in [3.63, 3.8) is 0 Å². The predicted octanol–water partition coefficient (Wildman–Crippen LogP) is 4.48. The van der Waals surface area contributed by atoms with Gasteiger partial charge in [0.15, 0.2) is 0 Å². The van der Waals surface area contributed by atoms with E-state index in [-0.39, 0.29) is 10.8 Å². The Morgan fingerprint density at radius 3 is 2.26 bits per heavy atom. The molecule has 1 aromatic rings. The quantitative estimate of drug-likeness (QED) is 0.743. The molecule has 0 spiro atoms. The summed E-state index contributed by atoms with van der Waals surface area (Å²) >= 11 is 0. The van der Waals surface area contributed by atoms with Gasteiger partial charge in [-0.1, -0.05) is 47.6 Å². The summed E-state index contributed by atoms with van der Waals surface area (Å²) in [4.78, 5) is 0. The minimum atomic E-state index is 0.0946. The number of ether oxygens (including phenoxy) is 1. The first-order valence-electron chi connectivity index (χ1n) is 7.25. The molecule has 1 heterocycles. The van der Waals surface area contributed by atoms with E-state index in [0.717, 1.165) is 31.0 Å². The van der Waals surface area contributed by atoms with E-state index in [9.17, 15) is 0 Å². The average molecular weight is 261 g/mol. The van der Waals surface area contributed by atoms with E-state index >= 15 is 0 Å². The first-order valence-corrected chi connectivity index (χ1v) is 7.25.